The molecule has 1 aromatic rings. The summed E-state index contributed by atoms with van der Waals surface area (Å²) < 4.78 is 2.50. The van der Waals surface area contributed by atoms with E-state index < -0.39 is 0 Å². The zero-order valence-electron chi connectivity index (χ0n) is 12.3. The van der Waals surface area contributed by atoms with Crippen LogP contribution >= 0.6 is 0 Å². The lowest BCUT2D eigenvalue weighted by Crippen LogP contribution is -2.45. The average molecular weight is 262 g/mol. The van der Waals surface area contributed by atoms with E-state index in [-0.39, 0.29) is 0 Å². The Kier molecular flexibility index (Phi) is 3.89. The molecule has 4 heteroatoms. The van der Waals surface area contributed by atoms with E-state index in [1.807, 2.05) is 0 Å². The quantitative estimate of drug-likeness (QED) is 0.826. The smallest absolute Gasteiger partial charge is 0.110 e. The number of aryl methyl sites for hydroxylation is 1. The Hall–Kier alpha value is -0.870. The summed E-state index contributed by atoms with van der Waals surface area (Å²) in [5.41, 5.74) is 1.45. The predicted octanol–water partition coefficient (Wildman–Crippen LogP) is 1.57. The van der Waals surface area contributed by atoms with Crippen molar-refractivity contribution in [2.24, 2.45) is 0 Å². The summed E-state index contributed by atoms with van der Waals surface area (Å²) in [5, 5.41) is 0. The molecular formula is C15H26N4. The third kappa shape index (κ3) is 2.84. The first kappa shape index (κ1) is 13.1. The van der Waals surface area contributed by atoms with Gasteiger partial charge in [-0.25, -0.2) is 4.98 Å². The van der Waals surface area contributed by atoms with Crippen molar-refractivity contribution in [1.29, 1.82) is 0 Å². The molecule has 3 heterocycles. The first-order valence-corrected chi connectivity index (χ1v) is 7.70. The molecule has 0 aliphatic carbocycles. The van der Waals surface area contributed by atoms with Crippen LogP contribution in [0.1, 0.15) is 37.3 Å². The molecule has 106 valence electrons. The van der Waals surface area contributed by atoms with Crippen molar-refractivity contribution >= 4 is 0 Å². The Morgan fingerprint density at radius 1 is 1.26 bits per heavy atom. The van der Waals surface area contributed by atoms with E-state index in [0.29, 0.717) is 6.04 Å². The van der Waals surface area contributed by atoms with E-state index in [1.54, 1.807) is 0 Å². The minimum absolute atomic E-state index is 0.647. The predicted molar refractivity (Wildman–Crippen MR) is 77.5 cm³/mol. The molecule has 2 aliphatic heterocycles. The van der Waals surface area contributed by atoms with Crippen LogP contribution in [0.25, 0.3) is 0 Å². The Labute approximate surface area is 116 Å². The SMILES string of the molecule is CC1CCCc2cnc(CCN3CCN(C)CC3)n21. The minimum atomic E-state index is 0.647. The molecule has 1 saturated heterocycles. The maximum absolute atomic E-state index is 4.67. The summed E-state index contributed by atoms with van der Waals surface area (Å²) in [6.45, 7) is 8.33. The second-order valence-corrected chi connectivity index (χ2v) is 6.17. The lowest BCUT2D eigenvalue weighted by Gasteiger charge is -2.32. The Balaban J connectivity index is 1.60. The lowest BCUT2D eigenvalue weighted by molar-refractivity contribution is 0.154. The van der Waals surface area contributed by atoms with Gasteiger partial charge >= 0.3 is 0 Å². The molecule has 1 atom stereocenters. The second kappa shape index (κ2) is 5.63. The largest absolute Gasteiger partial charge is 0.329 e. The molecule has 1 fully saturated rings. The molecule has 1 unspecified atom stereocenters. The lowest BCUT2D eigenvalue weighted by atomic mass is 10.0. The van der Waals surface area contributed by atoms with Gasteiger partial charge in [0.2, 0.25) is 0 Å². The van der Waals surface area contributed by atoms with Gasteiger partial charge in [0, 0.05) is 57.1 Å². The van der Waals surface area contributed by atoms with E-state index >= 15 is 0 Å². The van der Waals surface area contributed by atoms with Crippen LogP contribution < -0.4 is 0 Å². The van der Waals surface area contributed by atoms with Crippen LogP contribution in [0.4, 0.5) is 0 Å². The van der Waals surface area contributed by atoms with Gasteiger partial charge in [-0.05, 0) is 33.2 Å². The number of fused-ring (bicyclic) bond motifs is 1. The van der Waals surface area contributed by atoms with Crippen molar-refractivity contribution in [3.05, 3.63) is 17.7 Å². The molecule has 0 aromatic carbocycles. The Morgan fingerprint density at radius 2 is 2.05 bits per heavy atom. The number of likely N-dealkylation sites (N-methyl/N-ethyl adjacent to an activating group) is 1. The molecule has 0 radical (unpaired) electrons. The van der Waals surface area contributed by atoms with Gasteiger partial charge in [0.15, 0.2) is 0 Å². The topological polar surface area (TPSA) is 24.3 Å². The first-order valence-electron chi connectivity index (χ1n) is 7.70. The van der Waals surface area contributed by atoms with Crippen molar-refractivity contribution in [3.63, 3.8) is 0 Å². The third-order valence-electron chi connectivity index (χ3n) is 4.69. The van der Waals surface area contributed by atoms with E-state index in [0.717, 1.165) is 13.0 Å². The molecule has 1 aromatic heterocycles. The van der Waals surface area contributed by atoms with Gasteiger partial charge < -0.3 is 14.4 Å². The van der Waals surface area contributed by atoms with Gasteiger partial charge in [0.05, 0.1) is 0 Å². The van der Waals surface area contributed by atoms with Crippen molar-refractivity contribution < 1.29 is 0 Å². The summed E-state index contributed by atoms with van der Waals surface area (Å²) in [4.78, 5) is 9.66. The van der Waals surface area contributed by atoms with E-state index in [1.165, 1.54) is 57.0 Å². The van der Waals surface area contributed by atoms with Crippen molar-refractivity contribution in [2.75, 3.05) is 39.8 Å². The maximum Gasteiger partial charge on any atom is 0.110 e. The number of imidazole rings is 1. The van der Waals surface area contributed by atoms with Crippen LogP contribution in [-0.4, -0.2) is 59.1 Å². The monoisotopic (exact) mass is 262 g/mol. The summed E-state index contributed by atoms with van der Waals surface area (Å²) in [6.07, 6.45) is 7.06. The molecule has 19 heavy (non-hydrogen) atoms. The van der Waals surface area contributed by atoms with Crippen LogP contribution in [0.2, 0.25) is 0 Å². The molecule has 0 saturated carbocycles. The first-order chi connectivity index (χ1) is 9.24. The molecule has 0 N–H and O–H groups in total. The van der Waals surface area contributed by atoms with Crippen LogP contribution in [-0.2, 0) is 12.8 Å². The summed E-state index contributed by atoms with van der Waals surface area (Å²) >= 11 is 0. The molecular weight excluding hydrogens is 236 g/mol. The molecule has 0 bridgehead atoms. The summed E-state index contributed by atoms with van der Waals surface area (Å²) in [6, 6.07) is 0.647. The van der Waals surface area contributed by atoms with Crippen molar-refractivity contribution in [3.8, 4) is 0 Å². The number of aromatic nitrogens is 2. The highest BCUT2D eigenvalue weighted by Gasteiger charge is 2.20. The molecule has 4 nitrogen and oxygen atoms in total. The van der Waals surface area contributed by atoms with Gasteiger partial charge in [0.25, 0.3) is 0 Å². The highest BCUT2D eigenvalue weighted by Crippen LogP contribution is 2.26. The van der Waals surface area contributed by atoms with Gasteiger partial charge in [-0.1, -0.05) is 0 Å². The Morgan fingerprint density at radius 3 is 2.84 bits per heavy atom. The number of nitrogens with zero attached hydrogens (tertiary/aromatic N) is 4. The van der Waals surface area contributed by atoms with E-state index in [9.17, 15) is 0 Å². The summed E-state index contributed by atoms with van der Waals surface area (Å²) in [7, 11) is 2.21. The molecule has 2 aliphatic rings. The summed E-state index contributed by atoms with van der Waals surface area (Å²) in [5.74, 6) is 1.31. The Bertz CT molecular complexity index is 418. The number of hydrogen-bond acceptors (Lipinski definition) is 3. The number of hydrogen-bond donors (Lipinski definition) is 0. The van der Waals surface area contributed by atoms with Crippen LogP contribution in [0.5, 0.6) is 0 Å². The van der Waals surface area contributed by atoms with Crippen LogP contribution in [0.15, 0.2) is 6.20 Å². The van der Waals surface area contributed by atoms with E-state index in [4.69, 9.17) is 0 Å². The van der Waals surface area contributed by atoms with E-state index in [2.05, 4.69) is 39.5 Å². The van der Waals surface area contributed by atoms with Crippen LogP contribution in [0.3, 0.4) is 0 Å². The maximum atomic E-state index is 4.67. The van der Waals surface area contributed by atoms with Gasteiger partial charge in [-0.3, -0.25) is 0 Å². The molecule has 3 rings (SSSR count). The normalized spacial score (nSPS) is 25.5. The minimum Gasteiger partial charge on any atom is -0.329 e. The fraction of sp³-hybridized carbons (Fsp3) is 0.800. The third-order valence-corrected chi connectivity index (χ3v) is 4.69. The molecule has 0 spiro atoms. The highest BCUT2D eigenvalue weighted by molar-refractivity contribution is 5.10. The fourth-order valence-corrected chi connectivity index (χ4v) is 3.38. The zero-order valence-corrected chi connectivity index (χ0v) is 12.3. The van der Waals surface area contributed by atoms with Gasteiger partial charge in [0.1, 0.15) is 5.82 Å². The van der Waals surface area contributed by atoms with Gasteiger partial charge in [-0.2, -0.15) is 0 Å². The standard InChI is InChI=1S/C15H26N4/c1-13-4-3-5-14-12-16-15(19(13)14)6-7-18-10-8-17(2)9-11-18/h12-13H,3-11H2,1-2H3. The highest BCUT2D eigenvalue weighted by atomic mass is 15.2. The zero-order chi connectivity index (χ0) is 13.2. The van der Waals surface area contributed by atoms with Crippen molar-refractivity contribution in [2.45, 2.75) is 38.6 Å². The number of piperazine rings is 1. The fourth-order valence-electron chi connectivity index (χ4n) is 3.38. The second-order valence-electron chi connectivity index (χ2n) is 6.17. The average Bonchev–Trinajstić information content (AvgIpc) is 2.83. The number of rotatable bonds is 3. The molecule has 0 amide bonds. The van der Waals surface area contributed by atoms with Crippen LogP contribution in [0, 0.1) is 0 Å². The van der Waals surface area contributed by atoms with Gasteiger partial charge in [-0.15, -0.1) is 0 Å². The van der Waals surface area contributed by atoms with Crippen molar-refractivity contribution in [1.82, 2.24) is 19.4 Å².